The molecule has 0 saturated heterocycles. The molecule has 0 saturated carbocycles. The number of halogens is 2. The van der Waals surface area contributed by atoms with E-state index in [0.29, 0.717) is 17.7 Å². The summed E-state index contributed by atoms with van der Waals surface area (Å²) in [6, 6.07) is 6.86. The number of alkyl halides is 2. The van der Waals surface area contributed by atoms with Gasteiger partial charge in [-0.3, -0.25) is 0 Å². The first-order chi connectivity index (χ1) is 11.6. The molecule has 0 unspecified atom stereocenters. The van der Waals surface area contributed by atoms with Gasteiger partial charge in [0.2, 0.25) is 0 Å². The van der Waals surface area contributed by atoms with Gasteiger partial charge in [-0.2, -0.15) is 0 Å². The van der Waals surface area contributed by atoms with Gasteiger partial charge in [0.05, 0.1) is 6.19 Å². The highest BCUT2D eigenvalue weighted by Gasteiger charge is 2.15. The first kappa shape index (κ1) is 21.3. The second kappa shape index (κ2) is 11.8. The topological polar surface area (TPSA) is 32.3 Å². The second-order valence-corrected chi connectivity index (χ2v) is 6.94. The van der Waals surface area contributed by atoms with E-state index in [0.717, 1.165) is 37.8 Å². The van der Waals surface area contributed by atoms with E-state index >= 15 is 0 Å². The molecule has 0 amide bonds. The number of hydrogen-bond acceptors (Lipinski definition) is 3. The van der Waals surface area contributed by atoms with Gasteiger partial charge in [-0.25, -0.2) is 0 Å². The van der Waals surface area contributed by atoms with Crippen LogP contribution in [0.3, 0.4) is 0 Å². The van der Waals surface area contributed by atoms with Gasteiger partial charge in [0, 0.05) is 36.6 Å². The highest BCUT2D eigenvalue weighted by Crippen LogP contribution is 2.26. The fourth-order valence-electron chi connectivity index (χ4n) is 2.86. The summed E-state index contributed by atoms with van der Waals surface area (Å²) >= 11 is 11.9. The van der Waals surface area contributed by atoms with Crippen LogP contribution in [0.5, 0.6) is 0 Å². The van der Waals surface area contributed by atoms with E-state index in [1.165, 1.54) is 18.5 Å². The Balaban J connectivity index is 3.08. The van der Waals surface area contributed by atoms with E-state index in [4.69, 9.17) is 23.2 Å². The molecule has 1 radical (unpaired) electrons. The SMILES string of the molecule is CC[C@H](Cc1cc(N(CCCl)CCCl)ccc1C(C)C)N[B]C=O. The maximum Gasteiger partial charge on any atom is 0.290 e. The highest BCUT2D eigenvalue weighted by molar-refractivity contribution is 6.64. The Morgan fingerprint density at radius 3 is 2.42 bits per heavy atom. The van der Waals surface area contributed by atoms with Crippen LogP contribution in [0.25, 0.3) is 0 Å². The zero-order valence-corrected chi connectivity index (χ0v) is 16.4. The highest BCUT2D eigenvalue weighted by atomic mass is 35.5. The van der Waals surface area contributed by atoms with Crippen LogP contribution in [0, 0.1) is 0 Å². The van der Waals surface area contributed by atoms with Crippen molar-refractivity contribution in [2.24, 2.45) is 0 Å². The zero-order chi connectivity index (χ0) is 17.9. The number of carbonyl (C=O) groups excluding carboxylic acids is 1. The normalized spacial score (nSPS) is 12.2. The first-order valence-corrected chi connectivity index (χ1v) is 9.66. The van der Waals surface area contributed by atoms with Crippen molar-refractivity contribution in [3.05, 3.63) is 29.3 Å². The summed E-state index contributed by atoms with van der Waals surface area (Å²) in [7, 11) is 1.49. The smallest absolute Gasteiger partial charge is 0.290 e. The molecule has 0 aliphatic rings. The van der Waals surface area contributed by atoms with Crippen molar-refractivity contribution in [1.29, 1.82) is 0 Å². The molecule has 1 rings (SSSR count). The number of nitrogens with zero attached hydrogens (tertiary/aromatic N) is 1. The van der Waals surface area contributed by atoms with Gasteiger partial charge in [0.25, 0.3) is 7.41 Å². The third-order valence-electron chi connectivity index (χ3n) is 4.18. The minimum absolute atomic E-state index is 0.248. The molecule has 6 heteroatoms. The monoisotopic (exact) mass is 369 g/mol. The second-order valence-electron chi connectivity index (χ2n) is 6.18. The number of nitrogens with one attached hydrogen (secondary N) is 1. The molecule has 1 atom stereocenters. The fourth-order valence-corrected chi connectivity index (χ4v) is 3.27. The molecule has 133 valence electrons. The van der Waals surface area contributed by atoms with Gasteiger partial charge in [-0.05, 0) is 42.0 Å². The van der Waals surface area contributed by atoms with Crippen LogP contribution >= 0.6 is 23.2 Å². The molecule has 1 aromatic rings. The van der Waals surface area contributed by atoms with Crippen molar-refractivity contribution < 1.29 is 4.79 Å². The van der Waals surface area contributed by atoms with Crippen molar-refractivity contribution in [2.45, 2.75) is 45.6 Å². The molecule has 0 spiro atoms. The van der Waals surface area contributed by atoms with Crippen LogP contribution in [0.4, 0.5) is 5.69 Å². The minimum Gasteiger partial charge on any atom is -0.369 e. The van der Waals surface area contributed by atoms with Crippen molar-refractivity contribution in [1.82, 2.24) is 5.23 Å². The van der Waals surface area contributed by atoms with E-state index in [-0.39, 0.29) is 6.04 Å². The molecule has 0 bridgehead atoms. The van der Waals surface area contributed by atoms with Crippen LogP contribution in [-0.4, -0.2) is 44.5 Å². The average molecular weight is 370 g/mol. The summed E-state index contributed by atoms with van der Waals surface area (Å²) in [5.41, 5.74) is 3.82. The summed E-state index contributed by atoms with van der Waals surface area (Å²) in [6.07, 6.45) is 2.64. The number of rotatable bonds is 12. The third kappa shape index (κ3) is 6.66. The predicted molar refractivity (Wildman–Crippen MR) is 108 cm³/mol. The standard InChI is InChI=1S/C18H28BCl2N2O/c1-4-16(22-19-13-24)11-15-12-17(5-6-18(15)14(2)3)23(9-7-20)10-8-21/h5-6,12-14,16,22H,4,7-11H2,1-3H3/t16-/m1/s1. The Hall–Kier alpha value is -0.705. The maximum atomic E-state index is 10.6. The molecule has 0 aliphatic heterocycles. The lowest BCUT2D eigenvalue weighted by Gasteiger charge is -2.26. The molecule has 1 aromatic carbocycles. The van der Waals surface area contributed by atoms with Gasteiger partial charge < -0.3 is 14.9 Å². The van der Waals surface area contributed by atoms with Crippen LogP contribution in [0.1, 0.15) is 44.2 Å². The molecular weight excluding hydrogens is 342 g/mol. The molecule has 0 fully saturated rings. The molecule has 1 N–H and O–H groups in total. The molecule has 24 heavy (non-hydrogen) atoms. The first-order valence-electron chi connectivity index (χ1n) is 8.60. The molecule has 3 nitrogen and oxygen atoms in total. The molecule has 0 heterocycles. The third-order valence-corrected chi connectivity index (χ3v) is 4.52. The Kier molecular flexibility index (Phi) is 10.5. The summed E-state index contributed by atoms with van der Waals surface area (Å²) in [5, 5.41) is 3.18. The molecular formula is C18H28BCl2N2O. The summed E-state index contributed by atoms with van der Waals surface area (Å²) in [6.45, 7) is 8.11. The van der Waals surface area contributed by atoms with E-state index in [2.05, 4.69) is 49.1 Å². The van der Waals surface area contributed by atoms with Crippen molar-refractivity contribution in [3.8, 4) is 0 Å². The summed E-state index contributed by atoms with van der Waals surface area (Å²) in [5.74, 6) is 1.60. The number of benzene rings is 1. The lowest BCUT2D eigenvalue weighted by Crippen LogP contribution is -2.35. The Morgan fingerprint density at radius 2 is 1.92 bits per heavy atom. The molecule has 0 aromatic heterocycles. The molecule has 0 aliphatic carbocycles. The number of carbonyl (C=O) groups is 1. The van der Waals surface area contributed by atoms with Crippen LogP contribution in [0.2, 0.25) is 0 Å². The van der Waals surface area contributed by atoms with E-state index < -0.39 is 0 Å². The predicted octanol–water partition coefficient (Wildman–Crippen LogP) is 3.81. The largest absolute Gasteiger partial charge is 0.369 e. The van der Waals surface area contributed by atoms with Crippen LogP contribution in [0.15, 0.2) is 18.2 Å². The summed E-state index contributed by atoms with van der Waals surface area (Å²) in [4.78, 5) is 12.8. The Morgan fingerprint density at radius 1 is 1.25 bits per heavy atom. The van der Waals surface area contributed by atoms with Crippen LogP contribution < -0.4 is 10.1 Å². The zero-order valence-electron chi connectivity index (χ0n) is 14.9. The van der Waals surface area contributed by atoms with E-state index in [9.17, 15) is 4.79 Å². The van der Waals surface area contributed by atoms with Crippen molar-refractivity contribution >= 4 is 42.5 Å². The van der Waals surface area contributed by atoms with Gasteiger partial charge in [0.1, 0.15) is 0 Å². The van der Waals surface area contributed by atoms with Crippen molar-refractivity contribution in [2.75, 3.05) is 29.7 Å². The van der Waals surface area contributed by atoms with E-state index in [1.807, 2.05) is 0 Å². The quantitative estimate of drug-likeness (QED) is 0.345. The van der Waals surface area contributed by atoms with Crippen LogP contribution in [-0.2, 0) is 11.2 Å². The van der Waals surface area contributed by atoms with Gasteiger partial charge in [0.15, 0.2) is 0 Å². The minimum atomic E-state index is 0.248. The van der Waals surface area contributed by atoms with Crippen molar-refractivity contribution in [3.63, 3.8) is 0 Å². The number of anilines is 1. The number of hydrogen-bond donors (Lipinski definition) is 1. The Labute approximate surface area is 157 Å². The lowest BCUT2D eigenvalue weighted by atomic mass is 9.89. The van der Waals surface area contributed by atoms with E-state index in [1.54, 1.807) is 0 Å². The lowest BCUT2D eigenvalue weighted by molar-refractivity contribution is 0.562. The van der Waals surface area contributed by atoms with Gasteiger partial charge >= 0.3 is 0 Å². The fraction of sp³-hybridized carbons (Fsp3) is 0.611. The van der Waals surface area contributed by atoms with Gasteiger partial charge in [-0.1, -0.05) is 26.8 Å². The van der Waals surface area contributed by atoms with Gasteiger partial charge in [-0.15, -0.1) is 23.2 Å². The maximum absolute atomic E-state index is 10.6. The summed E-state index contributed by atoms with van der Waals surface area (Å²) < 4.78 is 0. The Bertz CT molecular complexity index is 494. The average Bonchev–Trinajstić information content (AvgIpc) is 2.58.